The van der Waals surface area contributed by atoms with E-state index < -0.39 is 10.0 Å². The molecule has 0 aromatic heterocycles. The summed E-state index contributed by atoms with van der Waals surface area (Å²) in [6, 6.07) is 4.49. The molecule has 0 atom stereocenters. The second-order valence-electron chi connectivity index (χ2n) is 5.83. The van der Waals surface area contributed by atoms with Gasteiger partial charge in [0, 0.05) is 32.7 Å². The van der Waals surface area contributed by atoms with Crippen molar-refractivity contribution in [3.8, 4) is 0 Å². The minimum atomic E-state index is -3.47. The summed E-state index contributed by atoms with van der Waals surface area (Å²) in [6.07, 6.45) is 2.64. The van der Waals surface area contributed by atoms with Crippen LogP contribution in [-0.4, -0.2) is 50.3 Å². The van der Waals surface area contributed by atoms with Crippen molar-refractivity contribution in [2.45, 2.75) is 17.7 Å². The van der Waals surface area contributed by atoms with Gasteiger partial charge < -0.3 is 10.6 Å². The number of nitrogens with two attached hydrogens (primary N) is 1. The second-order valence-corrected chi connectivity index (χ2v) is 8.18. The average molecular weight is 330 g/mol. The van der Waals surface area contributed by atoms with Crippen LogP contribution < -0.4 is 5.73 Å². The van der Waals surface area contributed by atoms with E-state index >= 15 is 0 Å². The number of piperazine rings is 1. The summed E-state index contributed by atoms with van der Waals surface area (Å²) in [5, 5.41) is 0.281. The number of benzene rings is 1. The molecule has 0 bridgehead atoms. The molecule has 3 rings (SSSR count). The predicted molar refractivity (Wildman–Crippen MR) is 83.8 cm³/mol. The lowest BCUT2D eigenvalue weighted by Crippen LogP contribution is -2.49. The van der Waals surface area contributed by atoms with Crippen molar-refractivity contribution in [3.63, 3.8) is 0 Å². The molecule has 1 aromatic carbocycles. The van der Waals surface area contributed by atoms with Crippen molar-refractivity contribution < 1.29 is 8.42 Å². The highest BCUT2D eigenvalue weighted by Gasteiger charge is 2.31. The molecule has 116 valence electrons. The molecule has 0 radical (unpaired) electrons. The molecule has 1 saturated carbocycles. The fourth-order valence-electron chi connectivity index (χ4n) is 2.64. The molecule has 1 aliphatic carbocycles. The normalized spacial score (nSPS) is 21.6. The fourth-order valence-corrected chi connectivity index (χ4v) is 4.33. The summed E-state index contributed by atoms with van der Waals surface area (Å²) in [6.45, 7) is 3.80. The molecule has 7 heteroatoms. The van der Waals surface area contributed by atoms with Gasteiger partial charge in [0.05, 0.1) is 15.6 Å². The first-order valence-electron chi connectivity index (χ1n) is 7.24. The number of nitrogen functional groups attached to an aromatic ring is 1. The highest BCUT2D eigenvalue weighted by atomic mass is 35.5. The Balaban J connectivity index is 1.68. The number of halogens is 1. The van der Waals surface area contributed by atoms with Gasteiger partial charge in [-0.05, 0) is 37.0 Å². The van der Waals surface area contributed by atoms with E-state index in [9.17, 15) is 8.42 Å². The molecule has 0 unspecified atom stereocenters. The van der Waals surface area contributed by atoms with Gasteiger partial charge in [0.25, 0.3) is 0 Å². The molecule has 1 saturated heterocycles. The first-order chi connectivity index (χ1) is 9.96. The van der Waals surface area contributed by atoms with Crippen LogP contribution in [-0.2, 0) is 10.0 Å². The SMILES string of the molecule is Nc1ccc(S(=O)(=O)N2CCN(CC3CC3)CC2)cc1Cl. The second kappa shape index (κ2) is 5.76. The van der Waals surface area contributed by atoms with E-state index in [1.807, 2.05) is 0 Å². The van der Waals surface area contributed by atoms with Gasteiger partial charge in [0.1, 0.15) is 0 Å². The average Bonchev–Trinajstić information content (AvgIpc) is 3.26. The van der Waals surface area contributed by atoms with Crippen molar-refractivity contribution in [2.75, 3.05) is 38.5 Å². The maximum Gasteiger partial charge on any atom is 0.243 e. The van der Waals surface area contributed by atoms with Gasteiger partial charge in [-0.1, -0.05) is 11.6 Å². The van der Waals surface area contributed by atoms with Gasteiger partial charge >= 0.3 is 0 Å². The van der Waals surface area contributed by atoms with Crippen LogP contribution in [0, 0.1) is 5.92 Å². The summed E-state index contributed by atoms with van der Waals surface area (Å²) in [4.78, 5) is 2.58. The van der Waals surface area contributed by atoms with E-state index in [1.54, 1.807) is 6.07 Å². The summed E-state index contributed by atoms with van der Waals surface area (Å²) < 4.78 is 26.7. The third kappa shape index (κ3) is 3.34. The van der Waals surface area contributed by atoms with Crippen LogP contribution in [0.3, 0.4) is 0 Å². The summed E-state index contributed by atoms with van der Waals surface area (Å²) in [5.74, 6) is 0.837. The molecule has 2 N–H and O–H groups in total. The van der Waals surface area contributed by atoms with Gasteiger partial charge in [0.2, 0.25) is 10.0 Å². The quantitative estimate of drug-likeness (QED) is 0.853. The van der Waals surface area contributed by atoms with Crippen LogP contribution in [0.25, 0.3) is 0 Å². The van der Waals surface area contributed by atoms with Gasteiger partial charge in [-0.3, -0.25) is 0 Å². The van der Waals surface area contributed by atoms with Crippen molar-refractivity contribution in [1.82, 2.24) is 9.21 Å². The smallest absolute Gasteiger partial charge is 0.243 e. The van der Waals surface area contributed by atoms with Crippen LogP contribution in [0.4, 0.5) is 5.69 Å². The monoisotopic (exact) mass is 329 g/mol. The Hall–Kier alpha value is -0.820. The molecule has 2 aliphatic rings. The van der Waals surface area contributed by atoms with E-state index in [4.69, 9.17) is 17.3 Å². The number of sulfonamides is 1. The molecule has 21 heavy (non-hydrogen) atoms. The third-order valence-electron chi connectivity index (χ3n) is 4.15. The number of hydrogen-bond donors (Lipinski definition) is 1. The van der Waals surface area contributed by atoms with Crippen LogP contribution in [0.1, 0.15) is 12.8 Å². The van der Waals surface area contributed by atoms with E-state index in [1.165, 1.54) is 29.3 Å². The van der Waals surface area contributed by atoms with Gasteiger partial charge in [-0.15, -0.1) is 0 Å². The molecule has 5 nitrogen and oxygen atoms in total. The third-order valence-corrected chi connectivity index (χ3v) is 6.38. The molecule has 1 heterocycles. The lowest BCUT2D eigenvalue weighted by molar-refractivity contribution is 0.182. The zero-order valence-electron chi connectivity index (χ0n) is 11.8. The van der Waals surface area contributed by atoms with Gasteiger partial charge in [0.15, 0.2) is 0 Å². The Morgan fingerprint density at radius 1 is 1.19 bits per heavy atom. The molecule has 0 amide bonds. The summed E-state index contributed by atoms with van der Waals surface area (Å²) in [7, 11) is -3.47. The highest BCUT2D eigenvalue weighted by molar-refractivity contribution is 7.89. The van der Waals surface area contributed by atoms with Crippen molar-refractivity contribution >= 4 is 27.3 Å². The van der Waals surface area contributed by atoms with Gasteiger partial charge in [-0.2, -0.15) is 4.31 Å². The predicted octanol–water partition coefficient (Wildman–Crippen LogP) is 1.64. The Bertz CT molecular complexity index is 623. The van der Waals surface area contributed by atoms with E-state index in [2.05, 4.69) is 4.90 Å². The van der Waals surface area contributed by atoms with Gasteiger partial charge in [-0.25, -0.2) is 8.42 Å². The lowest BCUT2D eigenvalue weighted by atomic mass is 10.3. The number of hydrogen-bond acceptors (Lipinski definition) is 4. The van der Waals surface area contributed by atoms with E-state index in [-0.39, 0.29) is 9.92 Å². The number of rotatable bonds is 4. The van der Waals surface area contributed by atoms with Crippen LogP contribution in [0.5, 0.6) is 0 Å². The topological polar surface area (TPSA) is 66.6 Å². The number of nitrogens with zero attached hydrogens (tertiary/aromatic N) is 2. The first kappa shape index (κ1) is 15.1. The zero-order chi connectivity index (χ0) is 15.0. The minimum Gasteiger partial charge on any atom is -0.398 e. The van der Waals surface area contributed by atoms with Crippen molar-refractivity contribution in [3.05, 3.63) is 23.2 Å². The summed E-state index contributed by atoms with van der Waals surface area (Å²) >= 11 is 5.93. The van der Waals surface area contributed by atoms with Crippen LogP contribution in [0.15, 0.2) is 23.1 Å². The van der Waals surface area contributed by atoms with Crippen molar-refractivity contribution in [2.24, 2.45) is 5.92 Å². The van der Waals surface area contributed by atoms with E-state index in [0.717, 1.165) is 25.6 Å². The van der Waals surface area contributed by atoms with Crippen LogP contribution >= 0.6 is 11.6 Å². The molecule has 2 fully saturated rings. The molecular weight excluding hydrogens is 310 g/mol. The van der Waals surface area contributed by atoms with Crippen LogP contribution in [0.2, 0.25) is 5.02 Å². The Morgan fingerprint density at radius 2 is 1.86 bits per heavy atom. The Kier molecular flexibility index (Phi) is 4.14. The maximum atomic E-state index is 12.6. The Morgan fingerprint density at radius 3 is 2.43 bits per heavy atom. The molecule has 0 spiro atoms. The highest BCUT2D eigenvalue weighted by Crippen LogP contribution is 2.30. The minimum absolute atomic E-state index is 0.220. The molecule has 1 aliphatic heterocycles. The molecule has 1 aromatic rings. The zero-order valence-corrected chi connectivity index (χ0v) is 13.4. The number of anilines is 1. The largest absolute Gasteiger partial charge is 0.398 e. The Labute approximate surface area is 130 Å². The standard InChI is InChI=1S/C14H20ClN3O2S/c15-13-9-12(3-4-14(13)16)21(19,20)18-7-5-17(6-8-18)10-11-1-2-11/h3-4,9,11H,1-2,5-8,10,16H2. The van der Waals surface area contributed by atoms with Crippen molar-refractivity contribution in [1.29, 1.82) is 0 Å². The van der Waals surface area contributed by atoms with E-state index in [0.29, 0.717) is 18.8 Å². The fraction of sp³-hybridized carbons (Fsp3) is 0.571. The lowest BCUT2D eigenvalue weighted by Gasteiger charge is -2.34. The maximum absolute atomic E-state index is 12.6. The molecular formula is C14H20ClN3O2S. The summed E-state index contributed by atoms with van der Waals surface area (Å²) in [5.41, 5.74) is 6.03. The first-order valence-corrected chi connectivity index (χ1v) is 9.06.